The summed E-state index contributed by atoms with van der Waals surface area (Å²) in [6, 6.07) is 9.83. The molecule has 1 atom stereocenters. The van der Waals surface area contributed by atoms with Crippen LogP contribution in [-0.2, 0) is 0 Å². The maximum absolute atomic E-state index is 12.7. The van der Waals surface area contributed by atoms with Crippen LogP contribution in [0.2, 0.25) is 0 Å². The summed E-state index contributed by atoms with van der Waals surface area (Å²) in [4.78, 5) is 23.7. The van der Waals surface area contributed by atoms with Gasteiger partial charge >= 0.3 is 0 Å². The van der Waals surface area contributed by atoms with Gasteiger partial charge in [0.25, 0.3) is 5.56 Å². The monoisotopic (exact) mass is 361 g/mol. The number of fused-ring (bicyclic) bond motifs is 1. The lowest BCUT2D eigenvalue weighted by Gasteiger charge is -2.21. The minimum atomic E-state index is -0.0869. The molecular formula is C21H23N5O. The van der Waals surface area contributed by atoms with Crippen molar-refractivity contribution >= 4 is 17.0 Å². The number of anilines is 1. The second-order valence-electron chi connectivity index (χ2n) is 7.17. The van der Waals surface area contributed by atoms with Crippen molar-refractivity contribution in [2.45, 2.75) is 19.4 Å². The van der Waals surface area contributed by atoms with Gasteiger partial charge in [-0.3, -0.25) is 9.20 Å². The van der Waals surface area contributed by atoms with Gasteiger partial charge in [-0.1, -0.05) is 6.08 Å². The standard InChI is InChI=1S/C21H23N5O/c1-14-10-15(8-9-22-14)17-5-7-20-24-18(11-21(27)26(20)13-17)16-4-6-19(23-12-16)25(2)3/h4-8,11-14,22H,9-10H2,1-3H3. The Bertz CT molecular complexity index is 1070. The lowest BCUT2D eigenvalue weighted by atomic mass is 9.97. The van der Waals surface area contributed by atoms with Gasteiger partial charge in [-0.15, -0.1) is 0 Å². The Kier molecular flexibility index (Phi) is 4.49. The fourth-order valence-corrected chi connectivity index (χ4v) is 3.35. The van der Waals surface area contributed by atoms with Crippen LogP contribution in [0.4, 0.5) is 5.82 Å². The van der Waals surface area contributed by atoms with Gasteiger partial charge < -0.3 is 10.2 Å². The van der Waals surface area contributed by atoms with Gasteiger partial charge in [0.2, 0.25) is 0 Å². The average Bonchev–Trinajstić information content (AvgIpc) is 2.68. The predicted molar refractivity (Wildman–Crippen MR) is 109 cm³/mol. The lowest BCUT2D eigenvalue weighted by Crippen LogP contribution is -2.30. The molecule has 0 fully saturated rings. The number of rotatable bonds is 3. The summed E-state index contributed by atoms with van der Waals surface area (Å²) in [6.45, 7) is 3.03. The zero-order valence-corrected chi connectivity index (χ0v) is 15.8. The molecule has 6 nitrogen and oxygen atoms in total. The second kappa shape index (κ2) is 6.96. The zero-order valence-electron chi connectivity index (χ0n) is 15.8. The minimum Gasteiger partial charge on any atom is -0.363 e. The molecule has 1 aliphatic rings. The molecule has 0 spiro atoms. The Labute approximate surface area is 158 Å². The molecule has 0 amide bonds. The van der Waals surface area contributed by atoms with Crippen LogP contribution in [0.25, 0.3) is 22.5 Å². The van der Waals surface area contributed by atoms with Crippen molar-refractivity contribution in [3.05, 3.63) is 64.7 Å². The van der Waals surface area contributed by atoms with E-state index in [1.54, 1.807) is 16.7 Å². The van der Waals surface area contributed by atoms with E-state index in [1.165, 1.54) is 5.57 Å². The molecule has 138 valence electrons. The molecule has 1 N–H and O–H groups in total. The van der Waals surface area contributed by atoms with Gasteiger partial charge in [0.1, 0.15) is 11.5 Å². The number of hydrogen-bond donors (Lipinski definition) is 1. The van der Waals surface area contributed by atoms with Crippen LogP contribution in [0, 0.1) is 0 Å². The first kappa shape index (κ1) is 17.4. The summed E-state index contributed by atoms with van der Waals surface area (Å²) in [5.41, 5.74) is 4.36. The highest BCUT2D eigenvalue weighted by Crippen LogP contribution is 2.23. The van der Waals surface area contributed by atoms with E-state index < -0.39 is 0 Å². The molecule has 4 heterocycles. The topological polar surface area (TPSA) is 62.5 Å². The summed E-state index contributed by atoms with van der Waals surface area (Å²) in [7, 11) is 3.89. The van der Waals surface area contributed by atoms with E-state index in [9.17, 15) is 4.79 Å². The second-order valence-corrected chi connectivity index (χ2v) is 7.17. The molecule has 0 saturated heterocycles. The maximum atomic E-state index is 12.7. The largest absolute Gasteiger partial charge is 0.363 e. The molecule has 0 bridgehead atoms. The van der Waals surface area contributed by atoms with Gasteiger partial charge in [-0.2, -0.15) is 0 Å². The van der Waals surface area contributed by atoms with E-state index in [4.69, 9.17) is 0 Å². The lowest BCUT2D eigenvalue weighted by molar-refractivity contribution is 0.579. The zero-order chi connectivity index (χ0) is 19.0. The molecule has 0 saturated carbocycles. The molecule has 0 aromatic carbocycles. The van der Waals surface area contributed by atoms with Crippen molar-refractivity contribution in [3.63, 3.8) is 0 Å². The molecule has 27 heavy (non-hydrogen) atoms. The van der Waals surface area contributed by atoms with Gasteiger partial charge in [0, 0.05) is 50.7 Å². The molecule has 0 aliphatic carbocycles. The van der Waals surface area contributed by atoms with Crippen molar-refractivity contribution in [1.82, 2.24) is 19.7 Å². The third kappa shape index (κ3) is 3.48. The fraction of sp³-hybridized carbons (Fsp3) is 0.286. The van der Waals surface area contributed by atoms with Crippen LogP contribution in [0.1, 0.15) is 18.9 Å². The highest BCUT2D eigenvalue weighted by Gasteiger charge is 2.13. The number of pyridine rings is 2. The average molecular weight is 361 g/mol. The SMILES string of the molecule is CC1CC(c2ccc3nc(-c4ccc(N(C)C)nc4)cc(=O)n3c2)=CCN1. The quantitative estimate of drug-likeness (QED) is 0.777. The van der Waals surface area contributed by atoms with E-state index in [2.05, 4.69) is 28.3 Å². The molecule has 6 heteroatoms. The van der Waals surface area contributed by atoms with Crippen molar-refractivity contribution in [3.8, 4) is 11.3 Å². The first-order valence-electron chi connectivity index (χ1n) is 9.11. The number of aromatic nitrogens is 3. The summed E-state index contributed by atoms with van der Waals surface area (Å²) >= 11 is 0. The third-order valence-electron chi connectivity index (χ3n) is 4.87. The highest BCUT2D eigenvalue weighted by atomic mass is 16.1. The Morgan fingerprint density at radius 2 is 2.00 bits per heavy atom. The smallest absolute Gasteiger partial charge is 0.258 e. The van der Waals surface area contributed by atoms with E-state index >= 15 is 0 Å². The van der Waals surface area contributed by atoms with Crippen LogP contribution < -0.4 is 15.8 Å². The molecule has 1 unspecified atom stereocenters. The van der Waals surface area contributed by atoms with Crippen molar-refractivity contribution in [2.75, 3.05) is 25.5 Å². The van der Waals surface area contributed by atoms with E-state index in [1.807, 2.05) is 49.5 Å². The van der Waals surface area contributed by atoms with Gasteiger partial charge in [0.15, 0.2) is 0 Å². The first-order chi connectivity index (χ1) is 13.0. The summed E-state index contributed by atoms with van der Waals surface area (Å²) in [5, 5.41) is 3.40. The summed E-state index contributed by atoms with van der Waals surface area (Å²) in [6.07, 6.45) is 6.79. The molecule has 1 aliphatic heterocycles. The van der Waals surface area contributed by atoms with E-state index in [0.717, 1.165) is 29.9 Å². The van der Waals surface area contributed by atoms with Gasteiger partial charge in [0.05, 0.1) is 5.69 Å². The van der Waals surface area contributed by atoms with E-state index in [0.29, 0.717) is 17.4 Å². The van der Waals surface area contributed by atoms with Crippen LogP contribution >= 0.6 is 0 Å². The Balaban J connectivity index is 1.73. The summed E-state index contributed by atoms with van der Waals surface area (Å²) in [5.74, 6) is 0.866. The minimum absolute atomic E-state index is 0.0869. The maximum Gasteiger partial charge on any atom is 0.258 e. The van der Waals surface area contributed by atoms with Crippen molar-refractivity contribution in [2.24, 2.45) is 0 Å². The van der Waals surface area contributed by atoms with Crippen molar-refractivity contribution < 1.29 is 0 Å². The fourth-order valence-electron chi connectivity index (χ4n) is 3.35. The van der Waals surface area contributed by atoms with Crippen LogP contribution in [0.15, 0.2) is 53.6 Å². The number of hydrogen-bond acceptors (Lipinski definition) is 5. The number of nitrogens with one attached hydrogen (secondary N) is 1. The van der Waals surface area contributed by atoms with Crippen molar-refractivity contribution in [1.29, 1.82) is 0 Å². The Hall–Kier alpha value is -2.99. The molecule has 3 aromatic rings. The molecule has 4 rings (SSSR count). The van der Waals surface area contributed by atoms with Gasteiger partial charge in [-0.05, 0) is 48.7 Å². The third-order valence-corrected chi connectivity index (χ3v) is 4.87. The van der Waals surface area contributed by atoms with Gasteiger partial charge in [-0.25, -0.2) is 9.97 Å². The Morgan fingerprint density at radius 3 is 2.70 bits per heavy atom. The molecule has 0 radical (unpaired) electrons. The first-order valence-corrected chi connectivity index (χ1v) is 9.11. The van der Waals surface area contributed by atoms with Crippen LogP contribution in [-0.4, -0.2) is 41.1 Å². The van der Waals surface area contributed by atoms with E-state index in [-0.39, 0.29) is 5.56 Å². The van der Waals surface area contributed by atoms with Crippen LogP contribution in [0.3, 0.4) is 0 Å². The summed E-state index contributed by atoms with van der Waals surface area (Å²) < 4.78 is 1.62. The normalized spacial score (nSPS) is 17.0. The molecular weight excluding hydrogens is 338 g/mol. The van der Waals surface area contributed by atoms with Crippen LogP contribution in [0.5, 0.6) is 0 Å². The molecule has 3 aromatic heterocycles. The number of nitrogens with zero attached hydrogens (tertiary/aromatic N) is 4. The predicted octanol–water partition coefficient (Wildman–Crippen LogP) is 2.59. The Morgan fingerprint density at radius 1 is 1.19 bits per heavy atom. The highest BCUT2D eigenvalue weighted by molar-refractivity contribution is 5.68.